The molecule has 0 fully saturated rings. The van der Waals surface area contributed by atoms with Crippen LogP contribution < -0.4 is 5.32 Å². The lowest BCUT2D eigenvalue weighted by atomic mass is 10.3. The minimum absolute atomic E-state index is 0.819. The highest BCUT2D eigenvalue weighted by molar-refractivity contribution is 4.89. The molecule has 1 N–H and O–H groups in total. The van der Waals surface area contributed by atoms with E-state index in [-0.39, 0.29) is 0 Å². The van der Waals surface area contributed by atoms with E-state index in [0.717, 1.165) is 6.08 Å². The van der Waals surface area contributed by atoms with Crippen LogP contribution in [0.4, 0.5) is 13.2 Å². The van der Waals surface area contributed by atoms with E-state index in [1.54, 1.807) is 0 Å². The third-order valence-electron chi connectivity index (χ3n) is 0.899. The summed E-state index contributed by atoms with van der Waals surface area (Å²) in [7, 11) is 1.24. The van der Waals surface area contributed by atoms with Crippen LogP contribution in [0.3, 0.4) is 0 Å². The summed E-state index contributed by atoms with van der Waals surface area (Å²) in [5, 5.41) is 2.05. The van der Waals surface area contributed by atoms with Crippen molar-refractivity contribution in [1.82, 2.24) is 5.32 Å². The predicted octanol–water partition coefficient (Wildman–Crippen LogP) is 1.32. The second-order valence-corrected chi connectivity index (χ2v) is 1.54. The average molecular weight is 139 g/mol. The van der Waals surface area contributed by atoms with Gasteiger partial charge in [0.2, 0.25) is 0 Å². The fraction of sp³-hybridized carbons (Fsp3) is 0.600. The molecule has 0 aromatic rings. The Morgan fingerprint density at radius 1 is 1.56 bits per heavy atom. The molecule has 9 heavy (non-hydrogen) atoms. The molecule has 0 saturated carbocycles. The molecule has 0 saturated heterocycles. The van der Waals surface area contributed by atoms with Crippen LogP contribution in [0.25, 0.3) is 0 Å². The molecule has 0 radical (unpaired) electrons. The van der Waals surface area contributed by atoms with E-state index < -0.39 is 12.2 Å². The summed E-state index contributed by atoms with van der Waals surface area (Å²) in [6, 6.07) is -1.59. The lowest BCUT2D eigenvalue weighted by Crippen LogP contribution is -2.37. The van der Waals surface area contributed by atoms with Gasteiger partial charge in [0.1, 0.15) is 6.04 Å². The van der Waals surface area contributed by atoms with Gasteiger partial charge in [-0.1, -0.05) is 6.08 Å². The van der Waals surface area contributed by atoms with Crippen molar-refractivity contribution < 1.29 is 13.2 Å². The van der Waals surface area contributed by atoms with E-state index in [2.05, 4.69) is 6.58 Å². The van der Waals surface area contributed by atoms with Crippen LogP contribution in [-0.2, 0) is 0 Å². The van der Waals surface area contributed by atoms with E-state index in [0.29, 0.717) is 0 Å². The molecule has 0 amide bonds. The average Bonchev–Trinajstić information content (AvgIpc) is 1.65. The maximum atomic E-state index is 11.6. The van der Waals surface area contributed by atoms with E-state index in [9.17, 15) is 13.2 Å². The van der Waals surface area contributed by atoms with E-state index >= 15 is 0 Å². The SMILES string of the molecule is C=C[C@@H](NC)C(F)(F)F. The highest BCUT2D eigenvalue weighted by Gasteiger charge is 2.35. The molecule has 54 valence electrons. The van der Waals surface area contributed by atoms with Crippen molar-refractivity contribution in [3.05, 3.63) is 12.7 Å². The van der Waals surface area contributed by atoms with Crippen LogP contribution in [0.15, 0.2) is 12.7 Å². The van der Waals surface area contributed by atoms with Gasteiger partial charge in [-0.05, 0) is 7.05 Å². The molecular formula is C5H8F3N. The Morgan fingerprint density at radius 3 is 2.00 bits per heavy atom. The summed E-state index contributed by atoms with van der Waals surface area (Å²) >= 11 is 0. The topological polar surface area (TPSA) is 12.0 Å². The highest BCUT2D eigenvalue weighted by Crippen LogP contribution is 2.19. The first-order valence-electron chi connectivity index (χ1n) is 2.39. The lowest BCUT2D eigenvalue weighted by Gasteiger charge is -2.14. The smallest absolute Gasteiger partial charge is 0.306 e. The molecule has 0 aliphatic heterocycles. The molecular weight excluding hydrogens is 131 g/mol. The molecule has 0 unspecified atom stereocenters. The van der Waals surface area contributed by atoms with Gasteiger partial charge >= 0.3 is 6.18 Å². The summed E-state index contributed by atoms with van der Waals surface area (Å²) in [6.45, 7) is 3.02. The third-order valence-corrected chi connectivity index (χ3v) is 0.899. The fourth-order valence-electron chi connectivity index (χ4n) is 0.415. The summed E-state index contributed by atoms with van der Waals surface area (Å²) < 4.78 is 34.8. The summed E-state index contributed by atoms with van der Waals surface area (Å²) in [6.07, 6.45) is -3.39. The minimum atomic E-state index is -4.21. The van der Waals surface area contributed by atoms with Crippen LogP contribution in [0, 0.1) is 0 Å². The molecule has 0 aliphatic carbocycles. The van der Waals surface area contributed by atoms with Gasteiger partial charge < -0.3 is 5.32 Å². The first kappa shape index (κ1) is 8.49. The number of alkyl halides is 3. The summed E-state index contributed by atoms with van der Waals surface area (Å²) in [5.74, 6) is 0. The van der Waals surface area contributed by atoms with Crippen molar-refractivity contribution in [2.24, 2.45) is 0 Å². The molecule has 0 heterocycles. The maximum Gasteiger partial charge on any atom is 0.407 e. The molecule has 0 bridgehead atoms. The highest BCUT2D eigenvalue weighted by atomic mass is 19.4. The number of nitrogens with one attached hydrogen (secondary N) is 1. The van der Waals surface area contributed by atoms with Crippen molar-refractivity contribution in [2.45, 2.75) is 12.2 Å². The largest absolute Gasteiger partial charge is 0.407 e. The molecule has 1 nitrogen and oxygen atoms in total. The van der Waals surface area contributed by atoms with Crippen LogP contribution in [0.2, 0.25) is 0 Å². The number of halogens is 3. The lowest BCUT2D eigenvalue weighted by molar-refractivity contribution is -0.143. The molecule has 1 atom stereocenters. The second kappa shape index (κ2) is 2.87. The zero-order chi connectivity index (χ0) is 7.49. The Labute approximate surface area is 51.6 Å². The standard InChI is InChI=1S/C5H8F3N/c1-3-4(9-2)5(6,7)8/h3-4,9H,1H2,2H3/t4-/m1/s1. The zero-order valence-electron chi connectivity index (χ0n) is 5.00. The van der Waals surface area contributed by atoms with Gasteiger partial charge in [-0.2, -0.15) is 13.2 Å². The molecule has 0 aliphatic rings. The normalized spacial score (nSPS) is 15.1. The minimum Gasteiger partial charge on any atom is -0.306 e. The fourth-order valence-corrected chi connectivity index (χ4v) is 0.415. The van der Waals surface area contributed by atoms with Crippen LogP contribution in [0.1, 0.15) is 0 Å². The van der Waals surface area contributed by atoms with Gasteiger partial charge in [-0.3, -0.25) is 0 Å². The Balaban J connectivity index is 3.94. The van der Waals surface area contributed by atoms with E-state index in [1.807, 2.05) is 5.32 Å². The van der Waals surface area contributed by atoms with Gasteiger partial charge in [0.15, 0.2) is 0 Å². The van der Waals surface area contributed by atoms with Crippen molar-refractivity contribution in [2.75, 3.05) is 7.05 Å². The molecule has 0 aromatic heterocycles. The van der Waals surface area contributed by atoms with Gasteiger partial charge in [0.25, 0.3) is 0 Å². The zero-order valence-corrected chi connectivity index (χ0v) is 5.00. The Hall–Kier alpha value is -0.510. The first-order chi connectivity index (χ1) is 4.02. The van der Waals surface area contributed by atoms with Crippen LogP contribution in [0.5, 0.6) is 0 Å². The van der Waals surface area contributed by atoms with Gasteiger partial charge in [-0.15, -0.1) is 6.58 Å². The molecule has 0 aromatic carbocycles. The number of likely N-dealkylation sites (N-methyl/N-ethyl adjacent to an activating group) is 1. The van der Waals surface area contributed by atoms with Crippen molar-refractivity contribution in [1.29, 1.82) is 0 Å². The Bertz CT molecular complexity index is 96.9. The summed E-state index contributed by atoms with van der Waals surface area (Å²) in [4.78, 5) is 0. The van der Waals surface area contributed by atoms with Crippen LogP contribution in [-0.4, -0.2) is 19.3 Å². The molecule has 4 heteroatoms. The second-order valence-electron chi connectivity index (χ2n) is 1.54. The molecule has 0 spiro atoms. The van der Waals surface area contributed by atoms with Gasteiger partial charge in [0.05, 0.1) is 0 Å². The monoisotopic (exact) mass is 139 g/mol. The predicted molar refractivity (Wildman–Crippen MR) is 29.1 cm³/mol. The van der Waals surface area contributed by atoms with Gasteiger partial charge in [0, 0.05) is 0 Å². The number of hydrogen-bond donors (Lipinski definition) is 1. The maximum absolute atomic E-state index is 11.6. The third kappa shape index (κ3) is 2.51. The Morgan fingerprint density at radius 2 is 2.00 bits per heavy atom. The molecule has 0 rings (SSSR count). The van der Waals surface area contributed by atoms with Gasteiger partial charge in [-0.25, -0.2) is 0 Å². The quantitative estimate of drug-likeness (QED) is 0.569. The van der Waals surface area contributed by atoms with Crippen LogP contribution >= 0.6 is 0 Å². The number of rotatable bonds is 2. The van der Waals surface area contributed by atoms with Crippen molar-refractivity contribution in [3.8, 4) is 0 Å². The first-order valence-corrected chi connectivity index (χ1v) is 2.39. The van der Waals surface area contributed by atoms with E-state index in [1.165, 1.54) is 7.05 Å². The summed E-state index contributed by atoms with van der Waals surface area (Å²) in [5.41, 5.74) is 0. The van der Waals surface area contributed by atoms with E-state index in [4.69, 9.17) is 0 Å². The van der Waals surface area contributed by atoms with Crippen molar-refractivity contribution >= 4 is 0 Å². The number of hydrogen-bond acceptors (Lipinski definition) is 1. The van der Waals surface area contributed by atoms with Crippen molar-refractivity contribution in [3.63, 3.8) is 0 Å². The Kier molecular flexibility index (Phi) is 2.70.